The number of hydrogen-bond acceptors (Lipinski definition) is 9. The van der Waals surface area contributed by atoms with E-state index in [1.165, 1.54) is 35.0 Å². The molecule has 4 N–H and O–H groups in total. The van der Waals surface area contributed by atoms with Gasteiger partial charge in [0.2, 0.25) is 5.91 Å². The second kappa shape index (κ2) is 22.5. The van der Waals surface area contributed by atoms with Crippen molar-refractivity contribution in [1.29, 1.82) is 0 Å². The first kappa shape index (κ1) is 37.7. The lowest BCUT2D eigenvalue weighted by Crippen LogP contribution is -2.33. The van der Waals surface area contributed by atoms with Crippen molar-refractivity contribution in [2.45, 2.75) is 46.6 Å². The van der Waals surface area contributed by atoms with Gasteiger partial charge in [-0.2, -0.15) is 0 Å². The number of benzene rings is 1. The fourth-order valence-corrected chi connectivity index (χ4v) is 3.05. The Morgan fingerprint density at radius 2 is 1.13 bits per heavy atom. The van der Waals surface area contributed by atoms with Crippen molar-refractivity contribution < 1.29 is 53.6 Å². The molecule has 12 heteroatoms. The molecule has 0 aromatic heterocycles. The smallest absolute Gasteiger partial charge is 0.309 e. The van der Waals surface area contributed by atoms with E-state index >= 15 is 0 Å². The number of ketones is 3. The summed E-state index contributed by atoms with van der Waals surface area (Å²) in [5, 5.41) is 28.1. The van der Waals surface area contributed by atoms with Gasteiger partial charge in [0.15, 0.2) is 0 Å². The number of methoxy groups -OCH3 is 2. The maximum absolute atomic E-state index is 11.9. The molecule has 0 aliphatic carbocycles. The van der Waals surface area contributed by atoms with E-state index in [0.717, 1.165) is 5.56 Å². The third kappa shape index (κ3) is 21.2. The molecule has 1 aromatic carbocycles. The number of carboxylic acid groups (broad SMARTS) is 2. The number of aliphatic hydroxyl groups is 1. The summed E-state index contributed by atoms with van der Waals surface area (Å²) in [6.07, 6.45) is 0.170. The van der Waals surface area contributed by atoms with Crippen LogP contribution in [0.4, 0.5) is 0 Å². The first-order valence-electron chi connectivity index (χ1n) is 12.1. The number of amides is 1. The van der Waals surface area contributed by atoms with Gasteiger partial charge in [-0.1, -0.05) is 30.3 Å². The quantitative estimate of drug-likeness (QED) is 0.231. The lowest BCUT2D eigenvalue weighted by molar-refractivity contribution is -0.145. The van der Waals surface area contributed by atoms with Crippen molar-refractivity contribution in [2.24, 2.45) is 17.8 Å². The maximum atomic E-state index is 11.9. The molecule has 0 fully saturated rings. The summed E-state index contributed by atoms with van der Waals surface area (Å²) >= 11 is 0. The zero-order valence-corrected chi connectivity index (χ0v) is 23.2. The molecule has 12 nitrogen and oxygen atoms in total. The third-order valence-corrected chi connectivity index (χ3v) is 4.94. The molecule has 0 unspecified atom stereocenters. The topological polar surface area (TPSA) is 194 Å². The molecule has 0 aliphatic heterocycles. The van der Waals surface area contributed by atoms with Crippen LogP contribution in [0.25, 0.3) is 0 Å². The van der Waals surface area contributed by atoms with Crippen molar-refractivity contribution in [3.63, 3.8) is 0 Å². The number of Topliss-reactive ketones (excluding diaryl/α,β-unsaturated/α-hetero) is 3. The number of rotatable bonds is 16. The van der Waals surface area contributed by atoms with Crippen LogP contribution >= 0.6 is 0 Å². The average molecular weight is 556 g/mol. The monoisotopic (exact) mass is 555 g/mol. The minimum Gasteiger partial charge on any atom is -0.481 e. The van der Waals surface area contributed by atoms with Gasteiger partial charge < -0.3 is 44.5 Å². The fourth-order valence-electron chi connectivity index (χ4n) is 3.05. The number of hydrogen-bond donors (Lipinski definition) is 4. The number of aliphatic carboxylic acids is 2. The molecule has 0 heterocycles. The Balaban J connectivity index is 0. The summed E-state index contributed by atoms with van der Waals surface area (Å²) in [7, 11) is 2.94. The summed E-state index contributed by atoms with van der Waals surface area (Å²) in [4.78, 5) is 64.4. The second-order valence-corrected chi connectivity index (χ2v) is 8.78. The van der Waals surface area contributed by atoms with Gasteiger partial charge in [0, 0.05) is 40.0 Å². The average Bonchev–Trinajstić information content (AvgIpc) is 2.86. The number of ether oxygens (including phenoxy) is 2. The molecular formula is C27H41NO11. The normalized spacial score (nSPS) is 12.3. The Morgan fingerprint density at radius 3 is 1.49 bits per heavy atom. The van der Waals surface area contributed by atoms with Crippen LogP contribution in [0.3, 0.4) is 0 Å². The van der Waals surface area contributed by atoms with E-state index in [-0.39, 0.29) is 55.7 Å². The van der Waals surface area contributed by atoms with Crippen LogP contribution in [-0.4, -0.2) is 84.6 Å². The Kier molecular flexibility index (Phi) is 21.7. The van der Waals surface area contributed by atoms with E-state index in [9.17, 15) is 28.8 Å². The van der Waals surface area contributed by atoms with Crippen LogP contribution in [-0.2, 0) is 44.8 Å². The zero-order valence-electron chi connectivity index (χ0n) is 23.2. The third-order valence-electron chi connectivity index (χ3n) is 4.94. The van der Waals surface area contributed by atoms with Gasteiger partial charge in [-0.3, -0.25) is 14.4 Å². The Morgan fingerprint density at radius 1 is 0.718 bits per heavy atom. The van der Waals surface area contributed by atoms with Crippen molar-refractivity contribution >= 4 is 35.2 Å². The highest BCUT2D eigenvalue weighted by atomic mass is 16.5. The summed E-state index contributed by atoms with van der Waals surface area (Å²) in [6.45, 7) is 4.49. The number of carbonyl (C=O) groups excluding carboxylic acids is 4. The maximum Gasteiger partial charge on any atom is 0.309 e. The van der Waals surface area contributed by atoms with E-state index < -0.39 is 36.3 Å². The van der Waals surface area contributed by atoms with E-state index in [4.69, 9.17) is 20.1 Å². The Hall–Kier alpha value is -3.48. The van der Waals surface area contributed by atoms with Crippen molar-refractivity contribution in [1.82, 2.24) is 5.32 Å². The molecule has 220 valence electrons. The van der Waals surface area contributed by atoms with E-state index in [1.807, 2.05) is 30.3 Å². The van der Waals surface area contributed by atoms with E-state index in [0.29, 0.717) is 6.54 Å². The number of carboxylic acids is 2. The predicted molar refractivity (Wildman–Crippen MR) is 141 cm³/mol. The molecule has 0 saturated carbocycles. The largest absolute Gasteiger partial charge is 0.481 e. The van der Waals surface area contributed by atoms with Crippen molar-refractivity contribution in [3.05, 3.63) is 35.9 Å². The molecule has 1 amide bonds. The molecule has 0 saturated heterocycles. The van der Waals surface area contributed by atoms with Gasteiger partial charge in [0.05, 0.1) is 37.6 Å². The minimum absolute atomic E-state index is 0.00749. The standard InChI is InChI=1S/C14H19NO3.C7H12O4.C6H10O4/c1-11(16)8-13(10-18-2)14(17)15-9-12-6-4-3-5-7-12;1-5(8)3-6(4-11-2)7(9)10;1-4(8)2-5(3-7)6(9)10/h3-7,13H,8-10H2,1-2H3,(H,15,17);6H,3-4H2,1-2H3,(H,9,10);5,7H,2-3H2,1H3,(H,9,10)/t13-;6-;5-/m111/s1. The number of aliphatic hydroxyl groups excluding tert-OH is 1. The molecule has 0 aliphatic rings. The summed E-state index contributed by atoms with van der Waals surface area (Å²) in [5.41, 5.74) is 1.03. The predicted octanol–water partition coefficient (Wildman–Crippen LogP) is 1.52. The van der Waals surface area contributed by atoms with Gasteiger partial charge >= 0.3 is 11.9 Å². The van der Waals surface area contributed by atoms with Gasteiger partial charge in [-0.15, -0.1) is 0 Å². The van der Waals surface area contributed by atoms with Crippen LogP contribution in [0, 0.1) is 17.8 Å². The lowest BCUT2D eigenvalue weighted by atomic mass is 10.0. The zero-order chi connectivity index (χ0) is 30.4. The SMILES string of the molecule is CC(=O)C[C@H](CO)C(=O)O.COC[C@@H](CC(C)=O)C(=O)NCc1ccccc1.COC[C@@H](CC(C)=O)C(=O)O. The van der Waals surface area contributed by atoms with E-state index in [2.05, 4.69) is 10.1 Å². The fraction of sp³-hybridized carbons (Fsp3) is 0.556. The molecule has 1 rings (SSSR count). The highest BCUT2D eigenvalue weighted by Crippen LogP contribution is 2.06. The van der Waals surface area contributed by atoms with Crippen molar-refractivity contribution in [2.75, 3.05) is 34.0 Å². The summed E-state index contributed by atoms with van der Waals surface area (Å²) < 4.78 is 9.60. The number of carbonyl (C=O) groups is 6. The van der Waals surface area contributed by atoms with Gasteiger partial charge in [0.1, 0.15) is 17.3 Å². The van der Waals surface area contributed by atoms with Crippen molar-refractivity contribution in [3.8, 4) is 0 Å². The first-order chi connectivity index (χ1) is 18.3. The molecule has 39 heavy (non-hydrogen) atoms. The van der Waals surface area contributed by atoms with Crippen LogP contribution in [0.1, 0.15) is 45.6 Å². The van der Waals surface area contributed by atoms with Crippen LogP contribution in [0.15, 0.2) is 30.3 Å². The highest BCUT2D eigenvalue weighted by molar-refractivity contribution is 5.85. The molecule has 0 spiro atoms. The van der Waals surface area contributed by atoms with Gasteiger partial charge in [0.25, 0.3) is 0 Å². The highest BCUT2D eigenvalue weighted by Gasteiger charge is 2.20. The summed E-state index contributed by atoms with van der Waals surface area (Å²) in [6, 6.07) is 9.65. The minimum atomic E-state index is -1.13. The van der Waals surface area contributed by atoms with Crippen LogP contribution in [0.5, 0.6) is 0 Å². The van der Waals surface area contributed by atoms with Crippen LogP contribution in [0.2, 0.25) is 0 Å². The van der Waals surface area contributed by atoms with Gasteiger partial charge in [-0.25, -0.2) is 0 Å². The van der Waals surface area contributed by atoms with Crippen LogP contribution < -0.4 is 5.32 Å². The first-order valence-corrected chi connectivity index (χ1v) is 12.1. The van der Waals surface area contributed by atoms with E-state index in [1.54, 1.807) is 0 Å². The molecule has 1 aromatic rings. The number of nitrogens with one attached hydrogen (secondary N) is 1. The molecular weight excluding hydrogens is 514 g/mol. The molecule has 0 radical (unpaired) electrons. The Labute approximate surface area is 228 Å². The second-order valence-electron chi connectivity index (χ2n) is 8.78. The van der Waals surface area contributed by atoms with Gasteiger partial charge in [-0.05, 0) is 26.3 Å². The molecule has 0 bridgehead atoms. The lowest BCUT2D eigenvalue weighted by Gasteiger charge is -2.14. The Bertz CT molecular complexity index is 902. The molecule has 3 atom stereocenters. The summed E-state index contributed by atoms with van der Waals surface area (Å²) in [5.74, 6) is -4.65.